The number of rotatable bonds is 3. The molecule has 0 radical (unpaired) electrons. The van der Waals surface area contributed by atoms with Gasteiger partial charge < -0.3 is 11.1 Å². The maximum absolute atomic E-state index is 12.9. The molecule has 100 valence electrons. The third-order valence-electron chi connectivity index (χ3n) is 2.90. The Bertz CT molecular complexity index is 602. The molecule has 0 fully saturated rings. The zero-order chi connectivity index (χ0) is 14.0. The molecule has 5 heteroatoms. The number of nitrogens with one attached hydrogen (secondary N) is 1. The molecule has 0 aliphatic heterocycles. The summed E-state index contributed by atoms with van der Waals surface area (Å²) in [6.45, 7) is 4.54. The summed E-state index contributed by atoms with van der Waals surface area (Å²) in [6, 6.07) is 5.82. The molecule has 0 aliphatic rings. The molecule has 0 saturated heterocycles. The number of nitrogen functional groups attached to an aromatic ring is 1. The van der Waals surface area contributed by atoms with Crippen molar-refractivity contribution in [2.24, 2.45) is 0 Å². The van der Waals surface area contributed by atoms with Crippen LogP contribution in [0, 0.1) is 19.7 Å². The molecule has 2 rings (SSSR count). The van der Waals surface area contributed by atoms with Crippen LogP contribution >= 0.6 is 11.3 Å². The van der Waals surface area contributed by atoms with E-state index in [-0.39, 0.29) is 11.6 Å². The predicted octanol–water partition coefficient (Wildman–Crippen LogP) is 3.02. The van der Waals surface area contributed by atoms with Gasteiger partial charge in [0, 0.05) is 15.4 Å². The average molecular weight is 278 g/mol. The van der Waals surface area contributed by atoms with Gasteiger partial charge in [-0.05, 0) is 43.7 Å². The van der Waals surface area contributed by atoms with E-state index in [2.05, 4.69) is 5.32 Å². The Morgan fingerprint density at radius 2 is 2.11 bits per heavy atom. The summed E-state index contributed by atoms with van der Waals surface area (Å²) in [5.74, 6) is -0.736. The molecule has 0 spiro atoms. The molecular weight excluding hydrogens is 263 g/mol. The molecule has 0 atom stereocenters. The summed E-state index contributed by atoms with van der Waals surface area (Å²) in [5.41, 5.74) is 7.29. The number of anilines is 1. The number of nitrogens with two attached hydrogens (primary N) is 1. The lowest BCUT2D eigenvalue weighted by atomic mass is 10.1. The molecule has 0 saturated carbocycles. The van der Waals surface area contributed by atoms with Gasteiger partial charge in [-0.2, -0.15) is 0 Å². The number of aryl methyl sites for hydroxylation is 2. The van der Waals surface area contributed by atoms with Crippen LogP contribution in [0.25, 0.3) is 0 Å². The lowest BCUT2D eigenvalue weighted by Gasteiger charge is -2.06. The Hall–Kier alpha value is -1.88. The highest BCUT2D eigenvalue weighted by atomic mass is 32.1. The summed E-state index contributed by atoms with van der Waals surface area (Å²) >= 11 is 1.65. The van der Waals surface area contributed by atoms with E-state index in [1.165, 1.54) is 22.6 Å². The standard InChI is InChI=1S/C14H15FN2OS/c1-8-5-11(19-9(8)2)7-17-14(18)12-4-3-10(15)6-13(12)16/h3-6H,7,16H2,1-2H3,(H,17,18). The Morgan fingerprint density at radius 3 is 2.68 bits per heavy atom. The van der Waals surface area contributed by atoms with Crippen molar-refractivity contribution in [2.45, 2.75) is 20.4 Å². The Kier molecular flexibility index (Phi) is 3.85. The van der Waals surface area contributed by atoms with E-state index in [1.54, 1.807) is 11.3 Å². The quantitative estimate of drug-likeness (QED) is 0.848. The fourth-order valence-corrected chi connectivity index (χ4v) is 2.73. The van der Waals surface area contributed by atoms with Crippen LogP contribution in [0.15, 0.2) is 24.3 Å². The van der Waals surface area contributed by atoms with Crippen LogP contribution in [0.4, 0.5) is 10.1 Å². The fourth-order valence-electron chi connectivity index (χ4n) is 1.74. The molecule has 19 heavy (non-hydrogen) atoms. The van der Waals surface area contributed by atoms with Crippen molar-refractivity contribution in [3.8, 4) is 0 Å². The Morgan fingerprint density at radius 1 is 1.37 bits per heavy atom. The van der Waals surface area contributed by atoms with Gasteiger partial charge in [-0.3, -0.25) is 4.79 Å². The first-order valence-corrected chi connectivity index (χ1v) is 6.68. The van der Waals surface area contributed by atoms with Gasteiger partial charge in [-0.25, -0.2) is 4.39 Å². The molecule has 0 unspecified atom stereocenters. The molecule has 3 N–H and O–H groups in total. The van der Waals surface area contributed by atoms with Gasteiger partial charge in [0.2, 0.25) is 0 Å². The fraction of sp³-hybridized carbons (Fsp3) is 0.214. The third kappa shape index (κ3) is 3.12. The minimum atomic E-state index is -0.446. The molecule has 0 bridgehead atoms. The van der Waals surface area contributed by atoms with Crippen molar-refractivity contribution in [1.29, 1.82) is 0 Å². The smallest absolute Gasteiger partial charge is 0.253 e. The third-order valence-corrected chi connectivity index (χ3v) is 4.05. The van der Waals surface area contributed by atoms with Crippen molar-refractivity contribution in [3.63, 3.8) is 0 Å². The second-order valence-corrected chi connectivity index (χ2v) is 5.71. The highest BCUT2D eigenvalue weighted by Gasteiger charge is 2.10. The van der Waals surface area contributed by atoms with Crippen LogP contribution in [0.5, 0.6) is 0 Å². The molecular formula is C14H15FN2OS. The monoisotopic (exact) mass is 278 g/mol. The average Bonchev–Trinajstić information content (AvgIpc) is 2.66. The van der Waals surface area contributed by atoms with E-state index in [1.807, 2.05) is 19.9 Å². The van der Waals surface area contributed by atoms with Crippen LogP contribution in [0.1, 0.15) is 25.7 Å². The maximum Gasteiger partial charge on any atom is 0.253 e. The summed E-state index contributed by atoms with van der Waals surface area (Å²) in [7, 11) is 0. The minimum absolute atomic E-state index is 0.149. The predicted molar refractivity (Wildman–Crippen MR) is 75.8 cm³/mol. The number of carbonyl (C=O) groups is 1. The van der Waals surface area contributed by atoms with Gasteiger partial charge in [-0.15, -0.1) is 11.3 Å². The number of hydrogen-bond acceptors (Lipinski definition) is 3. The van der Waals surface area contributed by atoms with Crippen molar-refractivity contribution >= 4 is 22.9 Å². The molecule has 1 aromatic carbocycles. The number of thiophene rings is 1. The van der Waals surface area contributed by atoms with Crippen LogP contribution < -0.4 is 11.1 Å². The van der Waals surface area contributed by atoms with Gasteiger partial charge in [-0.1, -0.05) is 0 Å². The minimum Gasteiger partial charge on any atom is -0.398 e. The highest BCUT2D eigenvalue weighted by molar-refractivity contribution is 7.12. The van der Waals surface area contributed by atoms with Gasteiger partial charge >= 0.3 is 0 Å². The normalized spacial score (nSPS) is 10.5. The highest BCUT2D eigenvalue weighted by Crippen LogP contribution is 2.20. The summed E-state index contributed by atoms with van der Waals surface area (Å²) in [5, 5.41) is 2.79. The largest absolute Gasteiger partial charge is 0.398 e. The first-order valence-electron chi connectivity index (χ1n) is 5.86. The summed E-state index contributed by atoms with van der Waals surface area (Å²) in [4.78, 5) is 14.3. The van der Waals surface area contributed by atoms with Crippen molar-refractivity contribution in [3.05, 3.63) is 51.0 Å². The SMILES string of the molecule is Cc1cc(CNC(=O)c2ccc(F)cc2N)sc1C. The summed E-state index contributed by atoms with van der Waals surface area (Å²) in [6.07, 6.45) is 0. The zero-order valence-corrected chi connectivity index (χ0v) is 11.6. The lowest BCUT2D eigenvalue weighted by Crippen LogP contribution is -2.23. The Labute approximate surface area is 115 Å². The molecule has 0 aliphatic carbocycles. The van der Waals surface area contributed by atoms with Crippen molar-refractivity contribution in [2.75, 3.05) is 5.73 Å². The topological polar surface area (TPSA) is 55.1 Å². The second kappa shape index (κ2) is 5.40. The molecule has 2 aromatic rings. The molecule has 1 aromatic heterocycles. The van der Waals surface area contributed by atoms with Crippen molar-refractivity contribution < 1.29 is 9.18 Å². The van der Waals surface area contributed by atoms with E-state index < -0.39 is 5.82 Å². The number of carbonyl (C=O) groups excluding carboxylic acids is 1. The second-order valence-electron chi connectivity index (χ2n) is 4.37. The van der Waals surface area contributed by atoms with Crippen LogP contribution in [-0.2, 0) is 6.54 Å². The zero-order valence-electron chi connectivity index (χ0n) is 10.8. The van der Waals surface area contributed by atoms with E-state index in [0.29, 0.717) is 12.1 Å². The summed E-state index contributed by atoms with van der Waals surface area (Å²) < 4.78 is 12.9. The number of halogens is 1. The van der Waals surface area contributed by atoms with Crippen molar-refractivity contribution in [1.82, 2.24) is 5.32 Å². The van der Waals surface area contributed by atoms with E-state index in [9.17, 15) is 9.18 Å². The molecule has 3 nitrogen and oxygen atoms in total. The van der Waals surface area contributed by atoms with Crippen LogP contribution in [0.2, 0.25) is 0 Å². The van der Waals surface area contributed by atoms with Crippen LogP contribution in [-0.4, -0.2) is 5.91 Å². The van der Waals surface area contributed by atoms with E-state index >= 15 is 0 Å². The van der Waals surface area contributed by atoms with E-state index in [4.69, 9.17) is 5.73 Å². The molecule has 1 amide bonds. The maximum atomic E-state index is 12.9. The molecule has 1 heterocycles. The van der Waals surface area contributed by atoms with Gasteiger partial charge in [0.05, 0.1) is 12.1 Å². The van der Waals surface area contributed by atoms with Gasteiger partial charge in [0.15, 0.2) is 0 Å². The van der Waals surface area contributed by atoms with Gasteiger partial charge in [0.25, 0.3) is 5.91 Å². The van der Waals surface area contributed by atoms with Gasteiger partial charge in [0.1, 0.15) is 5.82 Å². The first-order chi connectivity index (χ1) is 8.97. The van der Waals surface area contributed by atoms with E-state index in [0.717, 1.165) is 10.9 Å². The number of benzene rings is 1. The number of hydrogen-bond donors (Lipinski definition) is 2. The van der Waals surface area contributed by atoms with Crippen LogP contribution in [0.3, 0.4) is 0 Å². The Balaban J connectivity index is 2.05. The first kappa shape index (κ1) is 13.5. The number of amides is 1. The lowest BCUT2D eigenvalue weighted by molar-refractivity contribution is 0.0952.